The number of carbonyl (C=O) groups excluding carboxylic acids is 1. The molecule has 18 heavy (non-hydrogen) atoms. The fourth-order valence-electron chi connectivity index (χ4n) is 1.95. The summed E-state index contributed by atoms with van der Waals surface area (Å²) in [7, 11) is 0. The molecule has 1 fully saturated rings. The molecule has 0 aliphatic carbocycles. The largest absolute Gasteiger partial charge is 0.348 e. The number of hydrogen-bond acceptors (Lipinski definition) is 3. The first kappa shape index (κ1) is 13.9. The molecule has 1 heterocycles. The summed E-state index contributed by atoms with van der Waals surface area (Å²) in [4.78, 5) is 12.1. The predicted molar refractivity (Wildman–Crippen MR) is 79.6 cm³/mol. The van der Waals surface area contributed by atoms with E-state index < -0.39 is 0 Å². The molecule has 1 aromatic rings. The first-order chi connectivity index (χ1) is 8.70. The molecule has 1 amide bonds. The van der Waals surface area contributed by atoms with Crippen LogP contribution in [0.4, 0.5) is 0 Å². The van der Waals surface area contributed by atoms with E-state index in [1.165, 1.54) is 0 Å². The van der Waals surface area contributed by atoms with Gasteiger partial charge in [-0.1, -0.05) is 35.0 Å². The van der Waals surface area contributed by atoms with Crippen LogP contribution >= 0.6 is 27.7 Å². The molecular formula is C13H17BrN2OS. The van der Waals surface area contributed by atoms with E-state index in [2.05, 4.69) is 45.6 Å². The number of amides is 1. The van der Waals surface area contributed by atoms with Gasteiger partial charge in [0.05, 0.1) is 12.1 Å². The highest BCUT2D eigenvalue weighted by atomic mass is 79.9. The normalized spacial score (nSPS) is 20.7. The molecule has 1 aromatic carbocycles. The van der Waals surface area contributed by atoms with Gasteiger partial charge in [0, 0.05) is 16.1 Å². The van der Waals surface area contributed by atoms with E-state index in [-0.39, 0.29) is 18.0 Å². The number of benzene rings is 1. The molecule has 1 aliphatic heterocycles. The molecule has 5 heteroatoms. The standard InChI is InChI=1S/C13H17BrN2OS/c1-2-11(9-3-5-10(14)6-4-9)16-13(17)12-7-18-8-15-12/h3-6,11-12,15H,2,7-8H2,1H3,(H,16,17). The molecule has 1 saturated heterocycles. The minimum absolute atomic E-state index is 0.0421. The van der Waals surface area contributed by atoms with E-state index in [4.69, 9.17) is 0 Å². The van der Waals surface area contributed by atoms with Gasteiger partial charge in [0.2, 0.25) is 5.91 Å². The van der Waals surface area contributed by atoms with E-state index >= 15 is 0 Å². The van der Waals surface area contributed by atoms with Crippen LogP contribution in [-0.4, -0.2) is 23.6 Å². The number of halogens is 1. The van der Waals surface area contributed by atoms with Crippen molar-refractivity contribution in [3.63, 3.8) is 0 Å². The minimum atomic E-state index is -0.0421. The second-order valence-corrected chi connectivity index (χ2v) is 6.24. The van der Waals surface area contributed by atoms with Gasteiger partial charge in [-0.05, 0) is 24.1 Å². The average molecular weight is 329 g/mol. The number of rotatable bonds is 4. The van der Waals surface area contributed by atoms with Crippen LogP contribution < -0.4 is 10.6 Å². The molecule has 0 saturated carbocycles. The number of hydrogen-bond donors (Lipinski definition) is 2. The number of thioether (sulfide) groups is 1. The molecule has 2 N–H and O–H groups in total. The lowest BCUT2D eigenvalue weighted by Crippen LogP contribution is -2.43. The van der Waals surface area contributed by atoms with E-state index in [0.717, 1.165) is 28.1 Å². The van der Waals surface area contributed by atoms with E-state index in [1.807, 2.05) is 12.1 Å². The smallest absolute Gasteiger partial charge is 0.238 e. The highest BCUT2D eigenvalue weighted by Crippen LogP contribution is 2.20. The van der Waals surface area contributed by atoms with Gasteiger partial charge in [0.15, 0.2) is 0 Å². The number of nitrogens with one attached hydrogen (secondary N) is 2. The molecule has 98 valence electrons. The van der Waals surface area contributed by atoms with Gasteiger partial charge in [-0.3, -0.25) is 10.1 Å². The molecule has 0 aromatic heterocycles. The molecule has 0 bridgehead atoms. The topological polar surface area (TPSA) is 41.1 Å². The van der Waals surface area contributed by atoms with Crippen molar-refractivity contribution in [2.45, 2.75) is 25.4 Å². The minimum Gasteiger partial charge on any atom is -0.348 e. The SMILES string of the molecule is CCC(NC(=O)C1CSCN1)c1ccc(Br)cc1. The first-order valence-electron chi connectivity index (χ1n) is 6.07. The zero-order valence-electron chi connectivity index (χ0n) is 10.3. The van der Waals surface area contributed by atoms with Crippen molar-refractivity contribution in [1.29, 1.82) is 0 Å². The van der Waals surface area contributed by atoms with Crippen LogP contribution in [0.3, 0.4) is 0 Å². The lowest BCUT2D eigenvalue weighted by Gasteiger charge is -2.20. The van der Waals surface area contributed by atoms with E-state index in [9.17, 15) is 4.79 Å². The van der Waals surface area contributed by atoms with Crippen molar-refractivity contribution in [3.8, 4) is 0 Å². The van der Waals surface area contributed by atoms with E-state index in [0.29, 0.717) is 0 Å². The summed E-state index contributed by atoms with van der Waals surface area (Å²) in [6.07, 6.45) is 0.896. The Morgan fingerprint density at radius 2 is 2.28 bits per heavy atom. The highest BCUT2D eigenvalue weighted by Gasteiger charge is 2.24. The van der Waals surface area contributed by atoms with Gasteiger partial charge in [-0.25, -0.2) is 0 Å². The summed E-state index contributed by atoms with van der Waals surface area (Å²) in [5, 5.41) is 6.30. The maximum absolute atomic E-state index is 12.1. The summed E-state index contributed by atoms with van der Waals surface area (Å²) in [5.41, 5.74) is 1.15. The Balaban J connectivity index is 2.00. The van der Waals surface area contributed by atoms with Crippen molar-refractivity contribution >= 4 is 33.6 Å². The van der Waals surface area contributed by atoms with Crippen molar-refractivity contribution in [2.24, 2.45) is 0 Å². The summed E-state index contributed by atoms with van der Waals surface area (Å²) < 4.78 is 1.06. The summed E-state index contributed by atoms with van der Waals surface area (Å²) in [6.45, 7) is 2.09. The second-order valence-electron chi connectivity index (χ2n) is 4.29. The molecule has 2 unspecified atom stereocenters. The van der Waals surface area contributed by atoms with Crippen molar-refractivity contribution in [2.75, 3.05) is 11.6 Å². The first-order valence-corrected chi connectivity index (χ1v) is 8.02. The van der Waals surface area contributed by atoms with Crippen molar-refractivity contribution < 1.29 is 4.79 Å². The average Bonchev–Trinajstić information content (AvgIpc) is 2.91. The molecule has 3 nitrogen and oxygen atoms in total. The van der Waals surface area contributed by atoms with Crippen LogP contribution in [0.2, 0.25) is 0 Å². The summed E-state index contributed by atoms with van der Waals surface area (Å²) in [6, 6.07) is 8.17. The van der Waals surface area contributed by atoms with Crippen molar-refractivity contribution in [3.05, 3.63) is 34.3 Å². The molecule has 2 atom stereocenters. The monoisotopic (exact) mass is 328 g/mol. The molecule has 0 spiro atoms. The van der Waals surface area contributed by atoms with Crippen LogP contribution in [0, 0.1) is 0 Å². The Morgan fingerprint density at radius 3 is 2.83 bits per heavy atom. The second kappa shape index (κ2) is 6.59. The van der Waals surface area contributed by atoms with Crippen LogP contribution in [0.25, 0.3) is 0 Å². The zero-order chi connectivity index (χ0) is 13.0. The zero-order valence-corrected chi connectivity index (χ0v) is 12.7. The van der Waals surface area contributed by atoms with Crippen LogP contribution in [0.15, 0.2) is 28.7 Å². The summed E-state index contributed by atoms with van der Waals surface area (Å²) in [5.74, 6) is 1.84. The summed E-state index contributed by atoms with van der Waals surface area (Å²) >= 11 is 5.19. The maximum atomic E-state index is 12.1. The van der Waals surface area contributed by atoms with Gasteiger partial charge in [0.1, 0.15) is 0 Å². The Hall–Kier alpha value is -0.520. The lowest BCUT2D eigenvalue weighted by atomic mass is 10.0. The van der Waals surface area contributed by atoms with Gasteiger partial charge in [-0.15, -0.1) is 11.8 Å². The maximum Gasteiger partial charge on any atom is 0.238 e. The Morgan fingerprint density at radius 1 is 1.56 bits per heavy atom. The van der Waals surface area contributed by atoms with E-state index in [1.54, 1.807) is 11.8 Å². The Kier molecular flexibility index (Phi) is 5.09. The Bertz CT molecular complexity index is 404. The molecule has 0 radical (unpaired) electrons. The third-order valence-electron chi connectivity index (χ3n) is 3.03. The molecule has 1 aliphatic rings. The number of carbonyl (C=O) groups is 1. The fraction of sp³-hybridized carbons (Fsp3) is 0.462. The van der Waals surface area contributed by atoms with Gasteiger partial charge >= 0.3 is 0 Å². The molecule has 2 rings (SSSR count). The Labute approximate surface area is 120 Å². The van der Waals surface area contributed by atoms with Gasteiger partial charge < -0.3 is 5.32 Å². The van der Waals surface area contributed by atoms with Crippen LogP contribution in [0.5, 0.6) is 0 Å². The van der Waals surface area contributed by atoms with Crippen molar-refractivity contribution in [1.82, 2.24) is 10.6 Å². The van der Waals surface area contributed by atoms with Gasteiger partial charge in [-0.2, -0.15) is 0 Å². The lowest BCUT2D eigenvalue weighted by molar-refractivity contribution is -0.123. The fourth-order valence-corrected chi connectivity index (χ4v) is 3.16. The quantitative estimate of drug-likeness (QED) is 0.892. The molecular weight excluding hydrogens is 312 g/mol. The highest BCUT2D eigenvalue weighted by molar-refractivity contribution is 9.10. The third kappa shape index (κ3) is 3.49. The third-order valence-corrected chi connectivity index (χ3v) is 4.50. The predicted octanol–water partition coefficient (Wildman–Crippen LogP) is 2.68. The van der Waals surface area contributed by atoms with Gasteiger partial charge in [0.25, 0.3) is 0 Å². The van der Waals surface area contributed by atoms with Crippen LogP contribution in [0.1, 0.15) is 24.9 Å². The van der Waals surface area contributed by atoms with Crippen LogP contribution in [-0.2, 0) is 4.79 Å².